The Morgan fingerprint density at radius 3 is 2.81 bits per heavy atom. The van der Waals surface area contributed by atoms with Crippen LogP contribution in [-0.4, -0.2) is 29.9 Å². The molecule has 1 saturated heterocycles. The normalized spacial score (nSPS) is 27.0. The van der Waals surface area contributed by atoms with E-state index in [9.17, 15) is 4.79 Å². The lowest BCUT2D eigenvalue weighted by molar-refractivity contribution is -0.137. The van der Waals surface area contributed by atoms with Crippen LogP contribution in [0.1, 0.15) is 37.3 Å². The molecule has 1 fully saturated rings. The number of aryl methyl sites for hydroxylation is 1. The molecule has 2 N–H and O–H groups in total. The van der Waals surface area contributed by atoms with Gasteiger partial charge in [0.15, 0.2) is 0 Å². The number of carbonyl (C=O) groups excluding carboxylic acids is 1. The molecule has 0 aromatic heterocycles. The number of amides is 1. The monoisotopic (exact) mass is 286 g/mol. The highest BCUT2D eigenvalue weighted by atomic mass is 16.2. The van der Waals surface area contributed by atoms with Crippen LogP contribution in [0.3, 0.4) is 0 Å². The standard InChI is InChI=1S/C18H26N2O/c1-13(19)17-7-4-10-20(12-17)18(21)16-9-8-14-5-2-3-6-15(14)11-16/h2-3,5-6,13,16-17H,4,7-12,19H2,1H3. The van der Waals surface area contributed by atoms with E-state index in [1.807, 2.05) is 0 Å². The second-order valence-corrected chi connectivity index (χ2v) is 6.75. The molecule has 0 bridgehead atoms. The van der Waals surface area contributed by atoms with E-state index in [2.05, 4.69) is 36.1 Å². The fourth-order valence-corrected chi connectivity index (χ4v) is 3.81. The highest BCUT2D eigenvalue weighted by Crippen LogP contribution is 2.28. The number of hydrogen-bond donors (Lipinski definition) is 1. The molecule has 3 rings (SSSR count). The molecule has 3 atom stereocenters. The summed E-state index contributed by atoms with van der Waals surface area (Å²) in [5, 5.41) is 0. The molecule has 0 spiro atoms. The Morgan fingerprint density at radius 2 is 2.05 bits per heavy atom. The second-order valence-electron chi connectivity index (χ2n) is 6.75. The van der Waals surface area contributed by atoms with Crippen LogP contribution in [0.5, 0.6) is 0 Å². The van der Waals surface area contributed by atoms with E-state index in [0.29, 0.717) is 11.8 Å². The first-order valence-electron chi connectivity index (χ1n) is 8.26. The topological polar surface area (TPSA) is 46.3 Å². The van der Waals surface area contributed by atoms with Gasteiger partial charge in [-0.05, 0) is 56.1 Å². The van der Waals surface area contributed by atoms with Gasteiger partial charge in [-0.25, -0.2) is 0 Å². The van der Waals surface area contributed by atoms with Gasteiger partial charge in [0.1, 0.15) is 0 Å². The summed E-state index contributed by atoms with van der Waals surface area (Å²) in [7, 11) is 0. The summed E-state index contributed by atoms with van der Waals surface area (Å²) in [6.07, 6.45) is 5.21. The molecule has 114 valence electrons. The van der Waals surface area contributed by atoms with Gasteiger partial charge in [-0.1, -0.05) is 24.3 Å². The van der Waals surface area contributed by atoms with Crippen molar-refractivity contribution in [3.8, 4) is 0 Å². The number of benzene rings is 1. The van der Waals surface area contributed by atoms with E-state index in [4.69, 9.17) is 5.73 Å². The molecule has 3 nitrogen and oxygen atoms in total. The summed E-state index contributed by atoms with van der Waals surface area (Å²) < 4.78 is 0. The average molecular weight is 286 g/mol. The number of fused-ring (bicyclic) bond motifs is 1. The van der Waals surface area contributed by atoms with E-state index in [1.165, 1.54) is 11.1 Å². The third-order valence-electron chi connectivity index (χ3n) is 5.21. The molecule has 2 aliphatic rings. The van der Waals surface area contributed by atoms with Crippen molar-refractivity contribution >= 4 is 5.91 Å². The predicted molar refractivity (Wildman–Crippen MR) is 84.9 cm³/mol. The molecule has 3 unspecified atom stereocenters. The summed E-state index contributed by atoms with van der Waals surface area (Å²) in [6.45, 7) is 3.84. The molecule has 0 radical (unpaired) electrons. The minimum atomic E-state index is 0.173. The van der Waals surface area contributed by atoms with Gasteiger partial charge < -0.3 is 10.6 Å². The quantitative estimate of drug-likeness (QED) is 0.907. The van der Waals surface area contributed by atoms with Crippen molar-refractivity contribution in [2.45, 2.75) is 45.1 Å². The van der Waals surface area contributed by atoms with Crippen LogP contribution < -0.4 is 5.73 Å². The van der Waals surface area contributed by atoms with Crippen molar-refractivity contribution in [2.24, 2.45) is 17.6 Å². The summed E-state index contributed by atoms with van der Waals surface area (Å²) in [5.74, 6) is 1.00. The zero-order chi connectivity index (χ0) is 14.8. The fraction of sp³-hybridized carbons (Fsp3) is 0.611. The maximum absolute atomic E-state index is 12.8. The van der Waals surface area contributed by atoms with Crippen LogP contribution in [0.4, 0.5) is 0 Å². The Hall–Kier alpha value is -1.35. The number of nitrogens with two attached hydrogens (primary N) is 1. The van der Waals surface area contributed by atoms with Gasteiger partial charge in [-0.2, -0.15) is 0 Å². The third-order valence-corrected chi connectivity index (χ3v) is 5.21. The average Bonchev–Trinajstić information content (AvgIpc) is 2.53. The second kappa shape index (κ2) is 6.18. The Morgan fingerprint density at radius 1 is 1.29 bits per heavy atom. The highest BCUT2D eigenvalue weighted by molar-refractivity contribution is 5.79. The van der Waals surface area contributed by atoms with E-state index < -0.39 is 0 Å². The van der Waals surface area contributed by atoms with Gasteiger partial charge in [0.25, 0.3) is 0 Å². The fourth-order valence-electron chi connectivity index (χ4n) is 3.81. The van der Waals surface area contributed by atoms with Gasteiger partial charge in [0, 0.05) is 25.0 Å². The minimum Gasteiger partial charge on any atom is -0.342 e. The molecule has 1 aromatic rings. The maximum atomic E-state index is 12.8. The molecule has 3 heteroatoms. The maximum Gasteiger partial charge on any atom is 0.226 e. The van der Waals surface area contributed by atoms with Crippen LogP contribution in [0.2, 0.25) is 0 Å². The van der Waals surface area contributed by atoms with E-state index in [1.54, 1.807) is 0 Å². The molecule has 21 heavy (non-hydrogen) atoms. The van der Waals surface area contributed by atoms with E-state index in [-0.39, 0.29) is 12.0 Å². The van der Waals surface area contributed by atoms with Crippen LogP contribution in [0, 0.1) is 11.8 Å². The van der Waals surface area contributed by atoms with Crippen molar-refractivity contribution < 1.29 is 4.79 Å². The number of carbonyl (C=O) groups is 1. The smallest absolute Gasteiger partial charge is 0.226 e. The third kappa shape index (κ3) is 3.13. The van der Waals surface area contributed by atoms with Gasteiger partial charge in [-0.15, -0.1) is 0 Å². The molecule has 1 amide bonds. The Bertz CT molecular complexity index is 512. The Labute approximate surface area is 127 Å². The van der Waals surface area contributed by atoms with Crippen molar-refractivity contribution in [3.05, 3.63) is 35.4 Å². The van der Waals surface area contributed by atoms with Gasteiger partial charge in [-0.3, -0.25) is 4.79 Å². The van der Waals surface area contributed by atoms with E-state index in [0.717, 1.165) is 45.2 Å². The Balaban J connectivity index is 1.66. The van der Waals surface area contributed by atoms with Crippen LogP contribution >= 0.6 is 0 Å². The summed E-state index contributed by atoms with van der Waals surface area (Å²) in [4.78, 5) is 14.9. The number of likely N-dealkylation sites (tertiary alicyclic amines) is 1. The molecule has 1 aliphatic carbocycles. The minimum absolute atomic E-state index is 0.173. The van der Waals surface area contributed by atoms with Gasteiger partial charge >= 0.3 is 0 Å². The largest absolute Gasteiger partial charge is 0.342 e. The Kier molecular flexibility index (Phi) is 4.29. The van der Waals surface area contributed by atoms with Gasteiger partial charge in [0.05, 0.1) is 0 Å². The molecule has 0 saturated carbocycles. The molecule has 1 aliphatic heterocycles. The van der Waals surface area contributed by atoms with Gasteiger partial charge in [0.2, 0.25) is 5.91 Å². The summed E-state index contributed by atoms with van der Waals surface area (Å²) in [6, 6.07) is 8.74. The van der Waals surface area contributed by atoms with Crippen LogP contribution in [-0.2, 0) is 17.6 Å². The van der Waals surface area contributed by atoms with Crippen molar-refractivity contribution in [2.75, 3.05) is 13.1 Å². The lowest BCUT2D eigenvalue weighted by Gasteiger charge is -2.37. The molecule has 1 aromatic carbocycles. The number of piperidine rings is 1. The lowest BCUT2D eigenvalue weighted by atomic mass is 9.82. The number of rotatable bonds is 2. The zero-order valence-corrected chi connectivity index (χ0v) is 12.9. The summed E-state index contributed by atoms with van der Waals surface area (Å²) >= 11 is 0. The first kappa shape index (κ1) is 14.6. The van der Waals surface area contributed by atoms with Crippen LogP contribution in [0.15, 0.2) is 24.3 Å². The summed E-state index contributed by atoms with van der Waals surface area (Å²) in [5.41, 5.74) is 8.82. The van der Waals surface area contributed by atoms with Crippen LogP contribution in [0.25, 0.3) is 0 Å². The lowest BCUT2D eigenvalue weighted by Crippen LogP contribution is -2.47. The van der Waals surface area contributed by atoms with Crippen molar-refractivity contribution in [1.82, 2.24) is 4.90 Å². The highest BCUT2D eigenvalue weighted by Gasteiger charge is 2.31. The predicted octanol–water partition coefficient (Wildman–Crippen LogP) is 2.38. The van der Waals surface area contributed by atoms with Crippen molar-refractivity contribution in [3.63, 3.8) is 0 Å². The number of nitrogens with zero attached hydrogens (tertiary/aromatic N) is 1. The first-order valence-corrected chi connectivity index (χ1v) is 8.26. The SMILES string of the molecule is CC(N)C1CCCN(C(=O)C2CCc3ccccc3C2)C1. The molecular weight excluding hydrogens is 260 g/mol. The molecular formula is C18H26N2O. The first-order chi connectivity index (χ1) is 10.1. The molecule has 1 heterocycles. The van der Waals surface area contributed by atoms with E-state index >= 15 is 0 Å². The zero-order valence-electron chi connectivity index (χ0n) is 12.9. The van der Waals surface area contributed by atoms with Crippen molar-refractivity contribution in [1.29, 1.82) is 0 Å². The number of hydrogen-bond acceptors (Lipinski definition) is 2.